The molecule has 4 N–H and O–H groups in total. The number of benzene rings is 2. The number of fused-ring (bicyclic) bond motifs is 1. The summed E-state index contributed by atoms with van der Waals surface area (Å²) in [6, 6.07) is 14.7. The Morgan fingerprint density at radius 3 is 2.39 bits per heavy atom. The fraction of sp³-hybridized carbons (Fsp3) is 0.286. The quantitative estimate of drug-likeness (QED) is 0.216. The molecule has 2 aromatic heterocycles. The van der Waals surface area contributed by atoms with Crippen LogP contribution in [0.15, 0.2) is 60.8 Å². The highest BCUT2D eigenvalue weighted by Gasteiger charge is 2.29. The summed E-state index contributed by atoms with van der Waals surface area (Å²) in [7, 11) is 0. The minimum absolute atomic E-state index is 0.00934. The summed E-state index contributed by atoms with van der Waals surface area (Å²) in [4.78, 5) is 28.9. The van der Waals surface area contributed by atoms with Gasteiger partial charge >= 0.3 is 6.18 Å². The summed E-state index contributed by atoms with van der Waals surface area (Å²) in [5, 5.41) is 21.5. The molecule has 2 heterocycles. The Labute approximate surface area is 232 Å². The second-order valence-electron chi connectivity index (χ2n) is 9.61. The second kappa shape index (κ2) is 11.8. The van der Waals surface area contributed by atoms with E-state index >= 15 is 0 Å². The number of nitrogens with zero attached hydrogens (tertiary/aromatic N) is 3. The number of aliphatic hydroxyl groups excluding tert-OH is 1. The van der Waals surface area contributed by atoms with Crippen LogP contribution in [0, 0.1) is 5.92 Å². The average Bonchev–Trinajstić information content (AvgIpc) is 3.71. The second-order valence-corrected chi connectivity index (χ2v) is 9.61. The maximum Gasteiger partial charge on any atom is 0.422 e. The topological polar surface area (TPSA) is 130 Å². The predicted octanol–water partition coefficient (Wildman–Crippen LogP) is 3.94. The van der Waals surface area contributed by atoms with E-state index in [-0.39, 0.29) is 42.0 Å². The number of pyridine rings is 1. The van der Waals surface area contributed by atoms with E-state index in [0.717, 1.165) is 24.0 Å². The third-order valence-corrected chi connectivity index (χ3v) is 6.34. The van der Waals surface area contributed by atoms with E-state index in [9.17, 15) is 22.8 Å². The number of nitrogens with one attached hydrogen (secondary N) is 3. The summed E-state index contributed by atoms with van der Waals surface area (Å²) in [6.45, 7) is -1.16. The normalized spacial score (nSPS) is 13.2. The van der Waals surface area contributed by atoms with E-state index < -0.39 is 18.7 Å². The van der Waals surface area contributed by atoms with Gasteiger partial charge in [0.1, 0.15) is 5.75 Å². The van der Waals surface area contributed by atoms with Gasteiger partial charge in [0.2, 0.25) is 5.95 Å². The van der Waals surface area contributed by atoms with Crippen LogP contribution in [0.25, 0.3) is 16.8 Å². The van der Waals surface area contributed by atoms with Gasteiger partial charge in [-0.1, -0.05) is 12.1 Å². The zero-order chi connectivity index (χ0) is 29.0. The molecule has 1 saturated carbocycles. The van der Waals surface area contributed by atoms with Gasteiger partial charge in [0.15, 0.2) is 12.3 Å². The number of amides is 2. The molecule has 41 heavy (non-hydrogen) atoms. The lowest BCUT2D eigenvalue weighted by Crippen LogP contribution is -2.26. The van der Waals surface area contributed by atoms with Crippen LogP contribution >= 0.6 is 0 Å². The Bertz CT molecular complexity index is 1550. The lowest BCUT2D eigenvalue weighted by atomic mass is 10.1. The maximum atomic E-state index is 12.9. The van der Waals surface area contributed by atoms with Crippen molar-refractivity contribution in [2.45, 2.75) is 19.0 Å². The van der Waals surface area contributed by atoms with Crippen LogP contribution in [0.3, 0.4) is 0 Å². The SMILES string of the molecule is O=C(NCCO)c1ccc(Nc2nc3ccc(-c4ccc(C(=O)NCC5CC5)cc4)cn3n2)c(OCC(F)(F)F)c1. The maximum absolute atomic E-state index is 12.9. The van der Waals surface area contributed by atoms with E-state index in [4.69, 9.17) is 9.84 Å². The highest BCUT2D eigenvalue weighted by molar-refractivity contribution is 5.95. The molecule has 2 aromatic carbocycles. The number of halogens is 3. The van der Waals surface area contributed by atoms with Crippen molar-refractivity contribution in [3.8, 4) is 16.9 Å². The van der Waals surface area contributed by atoms with Crippen LogP contribution in [0.5, 0.6) is 5.75 Å². The van der Waals surface area contributed by atoms with Crippen LogP contribution in [0.4, 0.5) is 24.8 Å². The minimum Gasteiger partial charge on any atom is -0.482 e. The van der Waals surface area contributed by atoms with E-state index in [2.05, 4.69) is 26.0 Å². The first kappa shape index (κ1) is 27.9. The van der Waals surface area contributed by atoms with Gasteiger partial charge in [-0.05, 0) is 66.8 Å². The molecule has 0 unspecified atom stereocenters. The molecule has 214 valence electrons. The molecular weight excluding hydrogens is 541 g/mol. The highest BCUT2D eigenvalue weighted by atomic mass is 19.4. The smallest absolute Gasteiger partial charge is 0.422 e. The van der Waals surface area contributed by atoms with Gasteiger partial charge < -0.3 is 25.8 Å². The lowest BCUT2D eigenvalue weighted by Gasteiger charge is -2.14. The summed E-state index contributed by atoms with van der Waals surface area (Å²) in [5.41, 5.74) is 2.90. The summed E-state index contributed by atoms with van der Waals surface area (Å²) >= 11 is 0. The number of alkyl halides is 3. The zero-order valence-electron chi connectivity index (χ0n) is 21.7. The van der Waals surface area contributed by atoms with Gasteiger partial charge in [0.05, 0.1) is 12.3 Å². The summed E-state index contributed by atoms with van der Waals surface area (Å²) < 4.78 is 45.1. The first-order valence-corrected chi connectivity index (χ1v) is 12.9. The van der Waals surface area contributed by atoms with Crippen LogP contribution in [-0.2, 0) is 0 Å². The van der Waals surface area contributed by atoms with E-state index in [1.807, 2.05) is 18.2 Å². The zero-order valence-corrected chi connectivity index (χ0v) is 21.7. The van der Waals surface area contributed by atoms with Crippen molar-refractivity contribution in [3.05, 3.63) is 71.9 Å². The molecule has 5 rings (SSSR count). The molecule has 0 spiro atoms. The molecule has 10 nitrogen and oxygen atoms in total. The van der Waals surface area contributed by atoms with Gasteiger partial charge in [0.25, 0.3) is 11.8 Å². The largest absolute Gasteiger partial charge is 0.482 e. The molecule has 1 aliphatic carbocycles. The number of aliphatic hydroxyl groups is 1. The fourth-order valence-corrected chi connectivity index (χ4v) is 4.02. The summed E-state index contributed by atoms with van der Waals surface area (Å²) in [5.74, 6) is -0.218. The molecule has 1 fully saturated rings. The first-order valence-electron chi connectivity index (χ1n) is 12.9. The highest BCUT2D eigenvalue weighted by Crippen LogP contribution is 2.31. The van der Waals surface area contributed by atoms with Crippen LogP contribution < -0.4 is 20.7 Å². The third kappa shape index (κ3) is 7.31. The number of hydrogen-bond acceptors (Lipinski definition) is 7. The average molecular weight is 569 g/mol. The molecule has 0 aliphatic heterocycles. The predicted molar refractivity (Wildman–Crippen MR) is 144 cm³/mol. The van der Waals surface area contributed by atoms with Crippen molar-refractivity contribution < 1.29 is 32.6 Å². The van der Waals surface area contributed by atoms with E-state index in [1.54, 1.807) is 24.4 Å². The molecule has 2 amide bonds. The molecule has 0 bridgehead atoms. The van der Waals surface area contributed by atoms with Crippen LogP contribution in [-0.4, -0.2) is 64.0 Å². The number of rotatable bonds is 11. The monoisotopic (exact) mass is 568 g/mol. The first-order chi connectivity index (χ1) is 19.7. The number of carbonyl (C=O) groups is 2. The standard InChI is InChI=1S/C28H27F3N6O4/c29-28(30,31)16-41-23-13-20(26(40)32-11-12-38)7-9-22(23)34-27-35-24-10-8-21(15-37(24)36-27)18-3-5-19(6-4-18)25(39)33-14-17-1-2-17/h3-10,13,15,17,38H,1-2,11-12,14,16H2,(H,32,40)(H,33,39)(H,34,36). The molecule has 13 heteroatoms. The number of aromatic nitrogens is 3. The van der Waals surface area contributed by atoms with Gasteiger partial charge in [-0.2, -0.15) is 18.2 Å². The number of anilines is 2. The van der Waals surface area contributed by atoms with Gasteiger partial charge in [0, 0.05) is 36.0 Å². The summed E-state index contributed by atoms with van der Waals surface area (Å²) in [6.07, 6.45) is -0.537. The van der Waals surface area contributed by atoms with E-state index in [1.165, 1.54) is 22.7 Å². The Kier molecular flexibility index (Phi) is 8.06. The molecule has 0 atom stereocenters. The van der Waals surface area contributed by atoms with Crippen LogP contribution in [0.2, 0.25) is 0 Å². The number of hydrogen-bond donors (Lipinski definition) is 4. The van der Waals surface area contributed by atoms with Gasteiger partial charge in [-0.15, -0.1) is 5.10 Å². The Hall–Kier alpha value is -4.65. The number of ether oxygens (including phenoxy) is 1. The minimum atomic E-state index is -4.59. The third-order valence-electron chi connectivity index (χ3n) is 6.34. The fourth-order valence-electron chi connectivity index (χ4n) is 4.02. The van der Waals surface area contributed by atoms with Crippen LogP contribution in [0.1, 0.15) is 33.6 Å². The van der Waals surface area contributed by atoms with Crippen molar-refractivity contribution in [3.63, 3.8) is 0 Å². The molecular formula is C28H27F3N6O4. The molecule has 1 aliphatic rings. The van der Waals surface area contributed by atoms with Gasteiger partial charge in [-0.25, -0.2) is 4.52 Å². The van der Waals surface area contributed by atoms with E-state index in [0.29, 0.717) is 23.7 Å². The van der Waals surface area contributed by atoms with Gasteiger partial charge in [-0.3, -0.25) is 9.59 Å². The molecule has 0 radical (unpaired) electrons. The van der Waals surface area contributed by atoms with Crippen molar-refractivity contribution in [1.29, 1.82) is 0 Å². The number of carbonyl (C=O) groups excluding carboxylic acids is 2. The Balaban J connectivity index is 1.33. The van der Waals surface area contributed by atoms with Crippen molar-refractivity contribution >= 4 is 29.1 Å². The van der Waals surface area contributed by atoms with Crippen molar-refractivity contribution in [2.75, 3.05) is 31.6 Å². The Morgan fingerprint density at radius 2 is 1.68 bits per heavy atom. The molecule has 4 aromatic rings. The molecule has 0 saturated heterocycles. The van der Waals surface area contributed by atoms with Crippen molar-refractivity contribution in [1.82, 2.24) is 25.2 Å². The lowest BCUT2D eigenvalue weighted by molar-refractivity contribution is -0.153. The Morgan fingerprint density at radius 1 is 0.976 bits per heavy atom. The van der Waals surface area contributed by atoms with Crippen molar-refractivity contribution in [2.24, 2.45) is 5.92 Å².